The van der Waals surface area contributed by atoms with Crippen LogP contribution in [0.4, 0.5) is 10.7 Å². The number of hydrogen-bond donors (Lipinski definition) is 1. The monoisotopic (exact) mass is 360 g/mol. The Balaban J connectivity index is 2.16. The van der Waals surface area contributed by atoms with Gasteiger partial charge in [0.05, 0.1) is 12.3 Å². The molecule has 0 fully saturated rings. The van der Waals surface area contributed by atoms with Gasteiger partial charge in [-0.15, -0.1) is 11.3 Å². The van der Waals surface area contributed by atoms with Gasteiger partial charge in [0.25, 0.3) is 5.91 Å². The quantitative estimate of drug-likeness (QED) is 0.847. The molecule has 0 unspecified atom stereocenters. The maximum Gasteiger partial charge on any atom is 0.341 e. The Bertz CT molecular complexity index is 844. The molecular formula is C18H20N2O4S. The average molecular weight is 360 g/mol. The lowest BCUT2D eigenvalue weighted by Gasteiger charge is -2.26. The zero-order chi connectivity index (χ0) is 18.1. The molecule has 0 aliphatic carbocycles. The number of likely N-dealkylation sites (N-methyl/N-ethyl adjacent to an activating group) is 1. The summed E-state index contributed by atoms with van der Waals surface area (Å²) in [6.45, 7) is 4.09. The molecule has 1 aliphatic heterocycles. The molecule has 0 atom stereocenters. The van der Waals surface area contributed by atoms with E-state index in [9.17, 15) is 9.59 Å². The van der Waals surface area contributed by atoms with Crippen molar-refractivity contribution in [2.45, 2.75) is 20.3 Å². The molecule has 1 amide bonds. The fourth-order valence-electron chi connectivity index (χ4n) is 2.89. The highest BCUT2D eigenvalue weighted by Gasteiger charge is 2.27. The van der Waals surface area contributed by atoms with E-state index in [0.29, 0.717) is 22.0 Å². The van der Waals surface area contributed by atoms with E-state index in [1.807, 2.05) is 25.1 Å². The first kappa shape index (κ1) is 17.3. The number of ether oxygens (including phenoxy) is 2. The summed E-state index contributed by atoms with van der Waals surface area (Å²) in [7, 11) is 1.71. The van der Waals surface area contributed by atoms with E-state index in [-0.39, 0.29) is 19.1 Å². The Labute approximate surface area is 150 Å². The van der Waals surface area contributed by atoms with Gasteiger partial charge >= 0.3 is 5.97 Å². The van der Waals surface area contributed by atoms with Gasteiger partial charge in [-0.05, 0) is 31.0 Å². The lowest BCUT2D eigenvalue weighted by atomic mass is 9.99. The highest BCUT2D eigenvalue weighted by atomic mass is 32.1. The Hall–Kier alpha value is -2.54. The molecule has 0 spiro atoms. The van der Waals surface area contributed by atoms with Gasteiger partial charge in [0.2, 0.25) is 0 Å². The average Bonchev–Trinajstić information content (AvgIpc) is 2.94. The molecule has 1 aromatic carbocycles. The second kappa shape index (κ2) is 6.76. The number of thiophene rings is 1. The van der Waals surface area contributed by atoms with Crippen molar-refractivity contribution in [3.63, 3.8) is 0 Å². The molecule has 2 aromatic rings. The summed E-state index contributed by atoms with van der Waals surface area (Å²) >= 11 is 1.39. The van der Waals surface area contributed by atoms with Gasteiger partial charge in [0, 0.05) is 17.5 Å². The van der Waals surface area contributed by atoms with E-state index < -0.39 is 5.97 Å². The summed E-state index contributed by atoms with van der Waals surface area (Å²) in [5, 5.41) is 0.448. The van der Waals surface area contributed by atoms with Crippen LogP contribution < -0.4 is 15.4 Å². The van der Waals surface area contributed by atoms with E-state index in [1.54, 1.807) is 18.9 Å². The van der Waals surface area contributed by atoms with Crippen molar-refractivity contribution in [2.75, 3.05) is 30.9 Å². The predicted octanol–water partition coefficient (Wildman–Crippen LogP) is 3.09. The standard InChI is InChI=1S/C18H20N2O4S/c1-4-13-15(16(17(19)25-13)18(22)23-5-2)10-6-7-12-11(8-10)20(3)14(21)9-24-12/h6-8H,4-5,9,19H2,1-3H3. The Kier molecular flexibility index (Phi) is 4.67. The SMILES string of the molecule is CCOC(=O)c1c(N)sc(CC)c1-c1ccc2c(c1)N(C)C(=O)CO2. The topological polar surface area (TPSA) is 81.9 Å². The highest BCUT2D eigenvalue weighted by molar-refractivity contribution is 7.17. The smallest absolute Gasteiger partial charge is 0.341 e. The number of nitrogen functional groups attached to an aromatic ring is 1. The minimum atomic E-state index is -0.427. The van der Waals surface area contributed by atoms with Gasteiger partial charge in [0.1, 0.15) is 16.3 Å². The number of hydrogen-bond acceptors (Lipinski definition) is 6. The van der Waals surface area contributed by atoms with Crippen LogP contribution in [0.1, 0.15) is 29.1 Å². The number of nitrogens with two attached hydrogens (primary N) is 1. The van der Waals surface area contributed by atoms with Crippen molar-refractivity contribution in [2.24, 2.45) is 0 Å². The van der Waals surface area contributed by atoms with Gasteiger partial charge in [-0.3, -0.25) is 4.79 Å². The van der Waals surface area contributed by atoms with Crippen molar-refractivity contribution < 1.29 is 19.1 Å². The lowest BCUT2D eigenvalue weighted by molar-refractivity contribution is -0.120. The van der Waals surface area contributed by atoms with Gasteiger partial charge in [-0.2, -0.15) is 0 Å². The third kappa shape index (κ3) is 2.95. The van der Waals surface area contributed by atoms with Crippen LogP contribution in [0.15, 0.2) is 18.2 Å². The molecule has 0 radical (unpaired) electrons. The maximum absolute atomic E-state index is 12.4. The maximum atomic E-state index is 12.4. The molecule has 3 rings (SSSR count). The number of esters is 1. The molecule has 6 nitrogen and oxygen atoms in total. The molecule has 25 heavy (non-hydrogen) atoms. The molecule has 132 valence electrons. The third-order valence-electron chi connectivity index (χ3n) is 4.14. The van der Waals surface area contributed by atoms with Crippen molar-refractivity contribution in [1.82, 2.24) is 0 Å². The second-order valence-electron chi connectivity index (χ2n) is 5.64. The van der Waals surface area contributed by atoms with Crippen molar-refractivity contribution in [3.8, 4) is 16.9 Å². The first-order valence-corrected chi connectivity index (χ1v) is 8.91. The van der Waals surface area contributed by atoms with Crippen LogP contribution in [-0.2, 0) is 16.0 Å². The van der Waals surface area contributed by atoms with Crippen LogP contribution in [0.2, 0.25) is 0 Å². The van der Waals surface area contributed by atoms with Crippen molar-refractivity contribution >= 4 is 33.9 Å². The Morgan fingerprint density at radius 3 is 2.84 bits per heavy atom. The molecule has 2 N–H and O–H groups in total. The molecule has 1 aromatic heterocycles. The second-order valence-corrected chi connectivity index (χ2v) is 6.77. The van der Waals surface area contributed by atoms with Crippen LogP contribution in [0.25, 0.3) is 11.1 Å². The number of anilines is 2. The number of nitrogens with zero attached hydrogens (tertiary/aromatic N) is 1. The summed E-state index contributed by atoms with van der Waals surface area (Å²) in [6, 6.07) is 5.55. The van der Waals surface area contributed by atoms with E-state index in [0.717, 1.165) is 22.4 Å². The van der Waals surface area contributed by atoms with Crippen LogP contribution in [-0.4, -0.2) is 32.1 Å². The number of fused-ring (bicyclic) bond motifs is 1. The molecule has 0 bridgehead atoms. The Morgan fingerprint density at radius 1 is 1.40 bits per heavy atom. The molecule has 7 heteroatoms. The van der Waals surface area contributed by atoms with Crippen LogP contribution in [0.3, 0.4) is 0 Å². The summed E-state index contributed by atoms with van der Waals surface area (Å²) < 4.78 is 10.6. The molecule has 0 saturated heterocycles. The number of carbonyl (C=O) groups excluding carboxylic acids is 2. The molecule has 1 aliphatic rings. The zero-order valence-electron chi connectivity index (χ0n) is 14.4. The first-order chi connectivity index (χ1) is 12.0. The number of benzene rings is 1. The van der Waals surface area contributed by atoms with E-state index in [1.165, 1.54) is 11.3 Å². The molecule has 2 heterocycles. The van der Waals surface area contributed by atoms with Crippen LogP contribution >= 0.6 is 11.3 Å². The number of amides is 1. The number of carbonyl (C=O) groups is 2. The van der Waals surface area contributed by atoms with Gasteiger partial charge < -0.3 is 20.1 Å². The van der Waals surface area contributed by atoms with E-state index in [2.05, 4.69) is 0 Å². The van der Waals surface area contributed by atoms with Crippen LogP contribution in [0.5, 0.6) is 5.75 Å². The summed E-state index contributed by atoms with van der Waals surface area (Å²) in [5.74, 6) is 0.102. The summed E-state index contributed by atoms with van der Waals surface area (Å²) in [4.78, 5) is 26.9. The van der Waals surface area contributed by atoms with Gasteiger partial charge in [-0.25, -0.2) is 4.79 Å². The number of rotatable bonds is 4. The third-order valence-corrected chi connectivity index (χ3v) is 5.31. The highest BCUT2D eigenvalue weighted by Crippen LogP contribution is 2.42. The molecular weight excluding hydrogens is 340 g/mol. The van der Waals surface area contributed by atoms with E-state index in [4.69, 9.17) is 15.2 Å². The first-order valence-electron chi connectivity index (χ1n) is 8.09. The van der Waals surface area contributed by atoms with Crippen molar-refractivity contribution in [3.05, 3.63) is 28.6 Å². The minimum Gasteiger partial charge on any atom is -0.482 e. The number of aryl methyl sites for hydroxylation is 1. The lowest BCUT2D eigenvalue weighted by Crippen LogP contribution is -2.35. The fourth-order valence-corrected chi connectivity index (χ4v) is 3.90. The normalized spacial score (nSPS) is 13.4. The largest absolute Gasteiger partial charge is 0.482 e. The molecule has 0 saturated carbocycles. The fraction of sp³-hybridized carbons (Fsp3) is 0.333. The van der Waals surface area contributed by atoms with Gasteiger partial charge in [-0.1, -0.05) is 13.0 Å². The van der Waals surface area contributed by atoms with E-state index >= 15 is 0 Å². The Morgan fingerprint density at radius 2 is 2.16 bits per heavy atom. The predicted molar refractivity (Wildman–Crippen MR) is 98.4 cm³/mol. The zero-order valence-corrected chi connectivity index (χ0v) is 15.2. The van der Waals surface area contributed by atoms with Crippen LogP contribution in [0, 0.1) is 0 Å². The summed E-state index contributed by atoms with van der Waals surface area (Å²) in [6.07, 6.45) is 0.742. The van der Waals surface area contributed by atoms with Gasteiger partial charge in [0.15, 0.2) is 6.61 Å². The minimum absolute atomic E-state index is 0.0303. The summed E-state index contributed by atoms with van der Waals surface area (Å²) in [5.41, 5.74) is 8.77. The van der Waals surface area contributed by atoms with Crippen molar-refractivity contribution in [1.29, 1.82) is 0 Å².